The predicted octanol–water partition coefficient (Wildman–Crippen LogP) is 4.36. The van der Waals surface area contributed by atoms with Crippen LogP contribution < -0.4 is 5.32 Å². The number of hydrogen-bond acceptors (Lipinski definition) is 2. The first-order valence-electron chi connectivity index (χ1n) is 10.3. The van der Waals surface area contributed by atoms with E-state index in [1.807, 2.05) is 6.20 Å². The third-order valence-electron chi connectivity index (χ3n) is 5.57. The van der Waals surface area contributed by atoms with Crippen molar-refractivity contribution in [1.82, 2.24) is 20.4 Å². The van der Waals surface area contributed by atoms with E-state index in [0.29, 0.717) is 11.8 Å². The normalized spacial score (nSPS) is 20.0. The van der Waals surface area contributed by atoms with Gasteiger partial charge in [-0.2, -0.15) is 5.10 Å². The molecule has 1 saturated heterocycles. The number of nitrogens with zero attached hydrogens (tertiary/aromatic N) is 3. The summed E-state index contributed by atoms with van der Waals surface area (Å²) >= 11 is 0. The Morgan fingerprint density at radius 2 is 2.11 bits per heavy atom. The molecule has 2 unspecified atom stereocenters. The van der Waals surface area contributed by atoms with Crippen LogP contribution in [0.4, 0.5) is 0 Å². The van der Waals surface area contributed by atoms with Crippen LogP contribution in [0.15, 0.2) is 41.5 Å². The molecule has 0 bridgehead atoms. The zero-order valence-electron chi connectivity index (χ0n) is 17.3. The summed E-state index contributed by atoms with van der Waals surface area (Å²) in [5, 5.41) is 10.6. The van der Waals surface area contributed by atoms with Crippen LogP contribution in [0.25, 0.3) is 0 Å². The van der Waals surface area contributed by atoms with Gasteiger partial charge >= 0.3 is 0 Å². The van der Waals surface area contributed by atoms with E-state index >= 15 is 0 Å². The highest BCUT2D eigenvalue weighted by Crippen LogP contribution is 2.32. The van der Waals surface area contributed by atoms with Crippen molar-refractivity contribution in [3.8, 4) is 0 Å². The Morgan fingerprint density at radius 1 is 1.32 bits per heavy atom. The number of hydrogen-bond donors (Lipinski definition) is 2. The van der Waals surface area contributed by atoms with Gasteiger partial charge in [-0.3, -0.25) is 10.1 Å². The van der Waals surface area contributed by atoms with Gasteiger partial charge in [0.25, 0.3) is 0 Å². The summed E-state index contributed by atoms with van der Waals surface area (Å²) < 4.78 is 0. The lowest BCUT2D eigenvalue weighted by molar-refractivity contribution is 0.234. The average molecular weight is 495 g/mol. The largest absolute Gasteiger partial charge is 0.357 e. The zero-order valence-corrected chi connectivity index (χ0v) is 19.6. The van der Waals surface area contributed by atoms with E-state index in [4.69, 9.17) is 4.99 Å². The molecule has 1 aliphatic rings. The Morgan fingerprint density at radius 3 is 2.75 bits per heavy atom. The molecule has 1 aromatic carbocycles. The smallest absolute Gasteiger partial charge is 0.193 e. The summed E-state index contributed by atoms with van der Waals surface area (Å²) in [7, 11) is 0. The van der Waals surface area contributed by atoms with Crippen molar-refractivity contribution in [2.45, 2.75) is 46.0 Å². The molecule has 2 aromatic rings. The fourth-order valence-corrected chi connectivity index (χ4v) is 4.04. The second-order valence-corrected chi connectivity index (χ2v) is 7.59. The number of benzene rings is 1. The molecule has 1 fully saturated rings. The van der Waals surface area contributed by atoms with E-state index < -0.39 is 0 Å². The molecule has 5 nitrogen and oxygen atoms in total. The Balaban J connectivity index is 0.00000280. The van der Waals surface area contributed by atoms with Gasteiger partial charge in [-0.1, -0.05) is 37.3 Å². The fourth-order valence-electron chi connectivity index (χ4n) is 4.04. The van der Waals surface area contributed by atoms with Crippen LogP contribution in [0.3, 0.4) is 0 Å². The fraction of sp³-hybridized carbons (Fsp3) is 0.545. The molecule has 0 aliphatic carbocycles. The molecule has 28 heavy (non-hydrogen) atoms. The lowest BCUT2D eigenvalue weighted by Gasteiger charge is -2.39. The topological polar surface area (TPSA) is 56.3 Å². The Hall–Kier alpha value is -1.57. The van der Waals surface area contributed by atoms with Gasteiger partial charge in [-0.05, 0) is 56.1 Å². The molecule has 0 saturated carbocycles. The van der Waals surface area contributed by atoms with Gasteiger partial charge in [-0.15, -0.1) is 24.0 Å². The zero-order chi connectivity index (χ0) is 19.1. The minimum Gasteiger partial charge on any atom is -0.357 e. The quantitative estimate of drug-likeness (QED) is 0.271. The summed E-state index contributed by atoms with van der Waals surface area (Å²) in [6, 6.07) is 11.0. The molecule has 1 aliphatic heterocycles. The maximum Gasteiger partial charge on any atom is 0.193 e. The summed E-state index contributed by atoms with van der Waals surface area (Å²) in [4.78, 5) is 7.34. The van der Waals surface area contributed by atoms with Crippen molar-refractivity contribution in [1.29, 1.82) is 0 Å². The van der Waals surface area contributed by atoms with Gasteiger partial charge in [0.15, 0.2) is 5.96 Å². The first kappa shape index (κ1) is 22.7. The molecule has 6 heteroatoms. The minimum absolute atomic E-state index is 0. The minimum atomic E-state index is 0. The van der Waals surface area contributed by atoms with E-state index in [1.165, 1.54) is 23.2 Å². The van der Waals surface area contributed by atoms with E-state index in [-0.39, 0.29) is 24.0 Å². The highest BCUT2D eigenvalue weighted by Gasteiger charge is 2.28. The number of likely N-dealkylation sites (tertiary alicyclic amines) is 1. The van der Waals surface area contributed by atoms with Crippen LogP contribution in [-0.2, 0) is 6.42 Å². The molecular formula is C22H34IN5. The number of aliphatic imine (C=N–C) groups is 1. The molecule has 0 radical (unpaired) electrons. The van der Waals surface area contributed by atoms with E-state index in [2.05, 4.69) is 71.5 Å². The number of aryl methyl sites for hydroxylation is 2. The van der Waals surface area contributed by atoms with Gasteiger partial charge in [0.05, 0.1) is 6.20 Å². The number of piperidine rings is 1. The summed E-state index contributed by atoms with van der Waals surface area (Å²) in [6.07, 6.45) is 5.19. The van der Waals surface area contributed by atoms with Crippen molar-refractivity contribution >= 4 is 29.9 Å². The molecular weight excluding hydrogens is 461 g/mol. The number of nitrogens with one attached hydrogen (secondary N) is 2. The third-order valence-corrected chi connectivity index (χ3v) is 5.57. The van der Waals surface area contributed by atoms with Crippen LogP contribution in [0.5, 0.6) is 0 Å². The van der Waals surface area contributed by atoms with Crippen molar-refractivity contribution in [3.63, 3.8) is 0 Å². The standard InChI is InChI=1S/C22H33N5.HI/c1-4-23-22(24-13-8-11-20-15-25-26-18(20)3)27-14-12-21(17(2)16-27)19-9-6-5-7-10-19;/h5-7,9-10,15,17,21H,4,8,11-14,16H2,1-3H3,(H,23,24)(H,25,26);1H. The SMILES string of the molecule is CCNC(=NCCCc1cn[nH]c1C)N1CCC(c2ccccc2)C(C)C1.I. The Bertz CT molecular complexity index is 728. The monoisotopic (exact) mass is 495 g/mol. The van der Waals surface area contributed by atoms with Crippen LogP contribution in [0.2, 0.25) is 0 Å². The second kappa shape index (κ2) is 11.4. The highest BCUT2D eigenvalue weighted by molar-refractivity contribution is 14.0. The maximum absolute atomic E-state index is 4.90. The van der Waals surface area contributed by atoms with Gasteiger partial charge < -0.3 is 10.2 Å². The first-order chi connectivity index (χ1) is 13.2. The van der Waals surface area contributed by atoms with Crippen LogP contribution in [0.1, 0.15) is 49.4 Å². The van der Waals surface area contributed by atoms with Crippen molar-refractivity contribution < 1.29 is 0 Å². The van der Waals surface area contributed by atoms with Gasteiger partial charge in [0, 0.05) is 31.9 Å². The van der Waals surface area contributed by atoms with Crippen molar-refractivity contribution in [2.75, 3.05) is 26.2 Å². The second-order valence-electron chi connectivity index (χ2n) is 7.59. The number of guanidine groups is 1. The summed E-state index contributed by atoms with van der Waals surface area (Å²) in [6.45, 7) is 10.5. The lowest BCUT2D eigenvalue weighted by Crippen LogP contribution is -2.48. The lowest BCUT2D eigenvalue weighted by atomic mass is 9.82. The number of H-pyrrole nitrogens is 1. The number of aromatic nitrogens is 2. The molecule has 1 aromatic heterocycles. The predicted molar refractivity (Wildman–Crippen MR) is 128 cm³/mol. The summed E-state index contributed by atoms with van der Waals surface area (Å²) in [5.41, 5.74) is 3.94. The first-order valence-corrected chi connectivity index (χ1v) is 10.3. The van der Waals surface area contributed by atoms with Crippen molar-refractivity contribution in [3.05, 3.63) is 53.3 Å². The van der Waals surface area contributed by atoms with E-state index in [1.54, 1.807) is 0 Å². The molecule has 2 N–H and O–H groups in total. The maximum atomic E-state index is 4.90. The van der Waals surface area contributed by atoms with E-state index in [0.717, 1.165) is 45.0 Å². The molecule has 0 amide bonds. The van der Waals surface area contributed by atoms with Crippen LogP contribution in [-0.4, -0.2) is 47.2 Å². The summed E-state index contributed by atoms with van der Waals surface area (Å²) in [5.74, 6) is 2.34. The van der Waals surface area contributed by atoms with E-state index in [9.17, 15) is 0 Å². The number of aromatic amines is 1. The Kier molecular flexibility index (Phi) is 9.28. The van der Waals surface area contributed by atoms with Crippen LogP contribution in [0, 0.1) is 12.8 Å². The Labute approximate surface area is 186 Å². The molecule has 2 heterocycles. The van der Waals surface area contributed by atoms with Gasteiger partial charge in [0.1, 0.15) is 0 Å². The molecule has 154 valence electrons. The molecule has 2 atom stereocenters. The average Bonchev–Trinajstić information content (AvgIpc) is 3.09. The van der Waals surface area contributed by atoms with Gasteiger partial charge in [-0.25, -0.2) is 0 Å². The number of rotatable bonds is 6. The highest BCUT2D eigenvalue weighted by atomic mass is 127. The van der Waals surface area contributed by atoms with Crippen molar-refractivity contribution in [2.24, 2.45) is 10.9 Å². The van der Waals surface area contributed by atoms with Gasteiger partial charge in [0.2, 0.25) is 0 Å². The molecule has 0 spiro atoms. The van der Waals surface area contributed by atoms with Crippen LogP contribution >= 0.6 is 24.0 Å². The molecule has 3 rings (SSSR count). The third kappa shape index (κ3) is 5.96. The number of halogens is 1.